The summed E-state index contributed by atoms with van der Waals surface area (Å²) in [5.74, 6) is 0.434. The van der Waals surface area contributed by atoms with Crippen LogP contribution in [0, 0.1) is 5.92 Å². The summed E-state index contributed by atoms with van der Waals surface area (Å²) in [4.78, 5) is 15.9. The number of anilines is 1. The first-order valence-electron chi connectivity index (χ1n) is 6.29. The van der Waals surface area contributed by atoms with Crippen LogP contribution in [-0.2, 0) is 9.53 Å². The highest BCUT2D eigenvalue weighted by molar-refractivity contribution is 5.75. The first-order valence-corrected chi connectivity index (χ1v) is 6.29. The number of ether oxygens (including phenoxy) is 1. The van der Waals surface area contributed by atoms with Gasteiger partial charge >= 0.3 is 5.97 Å². The Morgan fingerprint density at radius 2 is 2.39 bits per heavy atom. The van der Waals surface area contributed by atoms with Gasteiger partial charge in [0.2, 0.25) is 0 Å². The molecule has 18 heavy (non-hydrogen) atoms. The van der Waals surface area contributed by atoms with Crippen LogP contribution in [0.25, 0.3) is 5.57 Å². The third-order valence-corrected chi connectivity index (χ3v) is 3.13. The molecular formula is C14H18N2O2. The minimum absolute atomic E-state index is 0.00485. The fourth-order valence-electron chi connectivity index (χ4n) is 2.17. The topological polar surface area (TPSA) is 65.2 Å². The monoisotopic (exact) mass is 246 g/mol. The Hall–Kier alpha value is -1.84. The van der Waals surface area contributed by atoms with Gasteiger partial charge in [0.05, 0.1) is 18.2 Å². The average Bonchev–Trinajstić information content (AvgIpc) is 2.39. The van der Waals surface area contributed by atoms with Crippen molar-refractivity contribution in [2.45, 2.75) is 26.2 Å². The Morgan fingerprint density at radius 3 is 3.00 bits per heavy atom. The number of hydrogen-bond donors (Lipinski definition) is 1. The zero-order chi connectivity index (χ0) is 13.0. The van der Waals surface area contributed by atoms with E-state index in [-0.39, 0.29) is 11.9 Å². The SMILES string of the molecule is CCOC(=O)[C@@H]1CC=C(c2cccc(N)n2)CC1. The lowest BCUT2D eigenvalue weighted by atomic mass is 9.88. The number of nitrogen functional groups attached to an aromatic ring is 1. The zero-order valence-electron chi connectivity index (χ0n) is 10.6. The molecule has 0 bridgehead atoms. The summed E-state index contributed by atoms with van der Waals surface area (Å²) >= 11 is 0. The van der Waals surface area contributed by atoms with E-state index in [1.807, 2.05) is 19.1 Å². The van der Waals surface area contributed by atoms with E-state index in [1.165, 1.54) is 5.57 Å². The van der Waals surface area contributed by atoms with Crippen LogP contribution in [0.15, 0.2) is 24.3 Å². The Balaban J connectivity index is 2.05. The van der Waals surface area contributed by atoms with Crippen molar-refractivity contribution >= 4 is 17.4 Å². The Morgan fingerprint density at radius 1 is 1.56 bits per heavy atom. The molecule has 0 saturated heterocycles. The van der Waals surface area contributed by atoms with Gasteiger partial charge in [0.1, 0.15) is 5.82 Å². The minimum atomic E-state index is -0.0895. The van der Waals surface area contributed by atoms with Crippen molar-refractivity contribution in [3.8, 4) is 0 Å². The number of pyridine rings is 1. The molecule has 1 aliphatic rings. The van der Waals surface area contributed by atoms with Gasteiger partial charge < -0.3 is 10.5 Å². The molecule has 0 aliphatic heterocycles. The minimum Gasteiger partial charge on any atom is -0.466 e. The van der Waals surface area contributed by atoms with Gasteiger partial charge in [-0.3, -0.25) is 4.79 Å². The number of hydrogen-bond acceptors (Lipinski definition) is 4. The Bertz CT molecular complexity index is 469. The van der Waals surface area contributed by atoms with Gasteiger partial charge in [0.15, 0.2) is 0 Å². The van der Waals surface area contributed by atoms with E-state index in [1.54, 1.807) is 6.07 Å². The van der Waals surface area contributed by atoms with Crippen LogP contribution in [-0.4, -0.2) is 17.6 Å². The first-order chi connectivity index (χ1) is 8.70. The largest absolute Gasteiger partial charge is 0.466 e. The standard InChI is InChI=1S/C14H18N2O2/c1-2-18-14(17)11-8-6-10(7-9-11)12-4-3-5-13(15)16-12/h3-6,11H,2,7-9H2,1H3,(H2,15,16)/t11-/m1/s1. The lowest BCUT2D eigenvalue weighted by Crippen LogP contribution is -2.19. The molecule has 1 aromatic rings. The van der Waals surface area contributed by atoms with Crippen molar-refractivity contribution in [1.82, 2.24) is 4.98 Å². The molecule has 2 N–H and O–H groups in total. The van der Waals surface area contributed by atoms with E-state index in [4.69, 9.17) is 10.5 Å². The number of allylic oxidation sites excluding steroid dienone is 2. The maximum absolute atomic E-state index is 11.6. The van der Waals surface area contributed by atoms with Crippen LogP contribution in [0.5, 0.6) is 0 Å². The normalized spacial score (nSPS) is 19.2. The van der Waals surface area contributed by atoms with Crippen molar-refractivity contribution in [1.29, 1.82) is 0 Å². The Labute approximate surface area is 107 Å². The van der Waals surface area contributed by atoms with Gasteiger partial charge in [-0.25, -0.2) is 4.98 Å². The lowest BCUT2D eigenvalue weighted by molar-refractivity contribution is -0.148. The van der Waals surface area contributed by atoms with E-state index < -0.39 is 0 Å². The van der Waals surface area contributed by atoms with Gasteiger partial charge in [0, 0.05) is 0 Å². The number of aromatic nitrogens is 1. The molecule has 0 fully saturated rings. The average molecular weight is 246 g/mol. The molecule has 1 atom stereocenters. The van der Waals surface area contributed by atoms with E-state index in [9.17, 15) is 4.79 Å². The van der Waals surface area contributed by atoms with Crippen molar-refractivity contribution in [2.75, 3.05) is 12.3 Å². The summed E-state index contributed by atoms with van der Waals surface area (Å²) in [5.41, 5.74) is 7.75. The molecule has 4 nitrogen and oxygen atoms in total. The predicted molar refractivity (Wildman–Crippen MR) is 70.6 cm³/mol. The predicted octanol–water partition coefficient (Wildman–Crippen LogP) is 2.41. The highest BCUT2D eigenvalue weighted by atomic mass is 16.5. The second-order valence-electron chi connectivity index (χ2n) is 4.40. The summed E-state index contributed by atoms with van der Waals surface area (Å²) in [7, 11) is 0. The molecule has 1 aliphatic carbocycles. The number of nitrogens with zero attached hydrogens (tertiary/aromatic N) is 1. The molecule has 0 aromatic carbocycles. The van der Waals surface area contributed by atoms with E-state index in [2.05, 4.69) is 11.1 Å². The van der Waals surface area contributed by atoms with Gasteiger partial charge in [-0.15, -0.1) is 0 Å². The fraction of sp³-hybridized carbons (Fsp3) is 0.429. The molecule has 0 radical (unpaired) electrons. The van der Waals surface area contributed by atoms with Crippen LogP contribution >= 0.6 is 0 Å². The van der Waals surface area contributed by atoms with Crippen molar-refractivity contribution in [3.63, 3.8) is 0 Å². The molecule has 2 rings (SSSR count). The highest BCUT2D eigenvalue weighted by Crippen LogP contribution is 2.30. The molecule has 0 spiro atoms. The summed E-state index contributed by atoms with van der Waals surface area (Å²) in [5, 5.41) is 0. The maximum atomic E-state index is 11.6. The van der Waals surface area contributed by atoms with Crippen LogP contribution in [0.4, 0.5) is 5.82 Å². The molecule has 0 saturated carbocycles. The first kappa shape index (κ1) is 12.6. The van der Waals surface area contributed by atoms with E-state index in [0.29, 0.717) is 12.4 Å². The second-order valence-corrected chi connectivity index (χ2v) is 4.40. The Kier molecular flexibility index (Phi) is 3.97. The molecular weight excluding hydrogens is 228 g/mol. The number of nitrogens with two attached hydrogens (primary N) is 1. The van der Waals surface area contributed by atoms with Crippen LogP contribution in [0.3, 0.4) is 0 Å². The molecule has 4 heteroatoms. The summed E-state index contributed by atoms with van der Waals surface area (Å²) in [6.07, 6.45) is 4.47. The molecule has 0 amide bonds. The van der Waals surface area contributed by atoms with Crippen molar-refractivity contribution in [2.24, 2.45) is 5.92 Å². The molecule has 1 heterocycles. The number of carbonyl (C=O) groups is 1. The quantitative estimate of drug-likeness (QED) is 0.832. The fourth-order valence-corrected chi connectivity index (χ4v) is 2.17. The molecule has 0 unspecified atom stereocenters. The summed E-state index contributed by atoms with van der Waals surface area (Å²) < 4.78 is 5.04. The maximum Gasteiger partial charge on any atom is 0.309 e. The van der Waals surface area contributed by atoms with Gasteiger partial charge in [0.25, 0.3) is 0 Å². The zero-order valence-corrected chi connectivity index (χ0v) is 10.6. The second kappa shape index (κ2) is 5.67. The van der Waals surface area contributed by atoms with Crippen molar-refractivity contribution in [3.05, 3.63) is 30.0 Å². The van der Waals surface area contributed by atoms with Crippen LogP contribution < -0.4 is 5.73 Å². The number of esters is 1. The molecule has 96 valence electrons. The summed E-state index contributed by atoms with van der Waals surface area (Å²) in [6.45, 7) is 2.28. The van der Waals surface area contributed by atoms with Crippen LogP contribution in [0.1, 0.15) is 31.9 Å². The van der Waals surface area contributed by atoms with Gasteiger partial charge in [-0.1, -0.05) is 12.1 Å². The number of rotatable bonds is 3. The van der Waals surface area contributed by atoms with E-state index in [0.717, 1.165) is 25.0 Å². The smallest absolute Gasteiger partial charge is 0.309 e. The highest BCUT2D eigenvalue weighted by Gasteiger charge is 2.23. The summed E-state index contributed by atoms with van der Waals surface area (Å²) in [6, 6.07) is 5.62. The number of carbonyl (C=O) groups excluding carboxylic acids is 1. The van der Waals surface area contributed by atoms with E-state index >= 15 is 0 Å². The van der Waals surface area contributed by atoms with Gasteiger partial charge in [-0.2, -0.15) is 0 Å². The third kappa shape index (κ3) is 2.88. The third-order valence-electron chi connectivity index (χ3n) is 3.13. The van der Waals surface area contributed by atoms with Crippen LogP contribution in [0.2, 0.25) is 0 Å². The lowest BCUT2D eigenvalue weighted by Gasteiger charge is -2.20. The molecule has 1 aromatic heterocycles. The van der Waals surface area contributed by atoms with Gasteiger partial charge in [-0.05, 0) is 43.9 Å². The van der Waals surface area contributed by atoms with Crippen molar-refractivity contribution < 1.29 is 9.53 Å².